The summed E-state index contributed by atoms with van der Waals surface area (Å²) >= 11 is 0. The van der Waals surface area contributed by atoms with Crippen molar-refractivity contribution in [1.29, 1.82) is 0 Å². The molecule has 0 radical (unpaired) electrons. The molecule has 0 aromatic heterocycles. The molecule has 0 spiro atoms. The van der Waals surface area contributed by atoms with Crippen LogP contribution in [0.4, 0.5) is 0 Å². The molecule has 1 saturated carbocycles. The van der Waals surface area contributed by atoms with Crippen molar-refractivity contribution in [3.8, 4) is 0 Å². The van der Waals surface area contributed by atoms with E-state index in [4.69, 9.17) is 5.73 Å². The molecule has 0 aromatic rings. The minimum atomic E-state index is 0.468. The van der Waals surface area contributed by atoms with Gasteiger partial charge in [-0.2, -0.15) is 0 Å². The summed E-state index contributed by atoms with van der Waals surface area (Å²) in [4.78, 5) is 2.74. The Hall–Kier alpha value is -0.0800. The van der Waals surface area contributed by atoms with Crippen molar-refractivity contribution in [3.63, 3.8) is 0 Å². The van der Waals surface area contributed by atoms with E-state index in [0.29, 0.717) is 6.04 Å². The minimum absolute atomic E-state index is 0.468. The van der Waals surface area contributed by atoms with Gasteiger partial charge in [-0.1, -0.05) is 13.3 Å². The van der Waals surface area contributed by atoms with Gasteiger partial charge in [0, 0.05) is 18.1 Å². The second-order valence-electron chi connectivity index (χ2n) is 5.80. The third-order valence-electron chi connectivity index (χ3n) is 4.35. The van der Waals surface area contributed by atoms with Crippen molar-refractivity contribution in [1.82, 2.24) is 4.90 Å². The highest BCUT2D eigenvalue weighted by molar-refractivity contribution is 4.87. The number of hydrogen-bond donors (Lipinski definition) is 1. The lowest BCUT2D eigenvalue weighted by molar-refractivity contribution is 0.0586. The van der Waals surface area contributed by atoms with Gasteiger partial charge in [-0.3, -0.25) is 4.90 Å². The summed E-state index contributed by atoms with van der Waals surface area (Å²) in [5.74, 6) is 0.925. The zero-order valence-corrected chi connectivity index (χ0v) is 10.3. The summed E-state index contributed by atoms with van der Waals surface area (Å²) in [6, 6.07) is 2.04. The Kier molecular flexibility index (Phi) is 3.68. The third kappa shape index (κ3) is 2.73. The molecular weight excluding hydrogens is 184 g/mol. The molecule has 1 aliphatic carbocycles. The van der Waals surface area contributed by atoms with Crippen LogP contribution in [-0.4, -0.2) is 29.6 Å². The van der Waals surface area contributed by atoms with Gasteiger partial charge in [0.25, 0.3) is 0 Å². The van der Waals surface area contributed by atoms with Gasteiger partial charge in [-0.05, 0) is 51.5 Å². The molecule has 4 atom stereocenters. The number of rotatable bonds is 1. The fraction of sp³-hybridized carbons (Fsp3) is 1.00. The van der Waals surface area contributed by atoms with Gasteiger partial charge in [-0.25, -0.2) is 0 Å². The number of nitrogens with two attached hydrogens (primary N) is 1. The van der Waals surface area contributed by atoms with Gasteiger partial charge in [0.15, 0.2) is 0 Å². The van der Waals surface area contributed by atoms with Crippen molar-refractivity contribution in [2.75, 3.05) is 6.54 Å². The Bertz CT molecular complexity index is 205. The fourth-order valence-corrected chi connectivity index (χ4v) is 3.47. The molecule has 1 heterocycles. The van der Waals surface area contributed by atoms with Crippen LogP contribution in [0.15, 0.2) is 0 Å². The van der Waals surface area contributed by atoms with Crippen LogP contribution >= 0.6 is 0 Å². The lowest BCUT2D eigenvalue weighted by Gasteiger charge is -2.44. The summed E-state index contributed by atoms with van der Waals surface area (Å²) in [5, 5.41) is 0. The molecule has 2 heteroatoms. The van der Waals surface area contributed by atoms with Gasteiger partial charge >= 0.3 is 0 Å². The molecule has 2 fully saturated rings. The molecule has 1 saturated heterocycles. The average molecular weight is 210 g/mol. The largest absolute Gasteiger partial charge is 0.328 e. The van der Waals surface area contributed by atoms with Crippen LogP contribution in [0.3, 0.4) is 0 Å². The molecule has 0 bridgehead atoms. The lowest BCUT2D eigenvalue weighted by atomic mass is 9.86. The molecule has 2 nitrogen and oxygen atoms in total. The summed E-state index contributed by atoms with van der Waals surface area (Å²) in [6.07, 6.45) is 7.96. The number of likely N-dealkylation sites (tertiary alicyclic amines) is 1. The Morgan fingerprint density at radius 2 is 1.87 bits per heavy atom. The first-order valence-corrected chi connectivity index (χ1v) is 6.68. The van der Waals surface area contributed by atoms with Crippen molar-refractivity contribution in [2.45, 2.75) is 70.5 Å². The monoisotopic (exact) mass is 210 g/mol. The predicted molar refractivity (Wildman–Crippen MR) is 64.8 cm³/mol. The van der Waals surface area contributed by atoms with E-state index in [1.807, 2.05) is 0 Å². The van der Waals surface area contributed by atoms with E-state index in [1.54, 1.807) is 0 Å². The van der Waals surface area contributed by atoms with Crippen LogP contribution in [0.2, 0.25) is 0 Å². The van der Waals surface area contributed by atoms with Crippen molar-refractivity contribution < 1.29 is 0 Å². The topological polar surface area (TPSA) is 29.3 Å². The zero-order chi connectivity index (χ0) is 10.8. The summed E-state index contributed by atoms with van der Waals surface area (Å²) < 4.78 is 0. The molecule has 15 heavy (non-hydrogen) atoms. The van der Waals surface area contributed by atoms with Crippen molar-refractivity contribution in [2.24, 2.45) is 11.7 Å². The Balaban J connectivity index is 1.91. The molecular formula is C13H26N2. The molecule has 2 N–H and O–H groups in total. The van der Waals surface area contributed by atoms with Gasteiger partial charge < -0.3 is 5.73 Å². The van der Waals surface area contributed by atoms with E-state index in [9.17, 15) is 0 Å². The predicted octanol–water partition coefficient (Wildman–Crippen LogP) is 2.38. The highest BCUT2D eigenvalue weighted by Gasteiger charge is 2.31. The van der Waals surface area contributed by atoms with Gasteiger partial charge in [0.1, 0.15) is 0 Å². The zero-order valence-electron chi connectivity index (χ0n) is 10.3. The lowest BCUT2D eigenvalue weighted by Crippen LogP contribution is -2.50. The number of nitrogens with zero attached hydrogens (tertiary/aromatic N) is 1. The molecule has 2 rings (SSSR count). The van der Waals surface area contributed by atoms with Gasteiger partial charge in [0.05, 0.1) is 0 Å². The van der Waals surface area contributed by atoms with E-state index < -0.39 is 0 Å². The third-order valence-corrected chi connectivity index (χ3v) is 4.35. The Morgan fingerprint density at radius 3 is 2.53 bits per heavy atom. The fourth-order valence-electron chi connectivity index (χ4n) is 3.47. The average Bonchev–Trinajstić information content (AvgIpc) is 2.17. The first kappa shape index (κ1) is 11.4. The van der Waals surface area contributed by atoms with E-state index in [1.165, 1.54) is 45.1 Å². The van der Waals surface area contributed by atoms with E-state index in [2.05, 4.69) is 18.7 Å². The molecule has 4 unspecified atom stereocenters. The van der Waals surface area contributed by atoms with Gasteiger partial charge in [-0.15, -0.1) is 0 Å². The van der Waals surface area contributed by atoms with E-state index >= 15 is 0 Å². The highest BCUT2D eigenvalue weighted by Crippen LogP contribution is 2.29. The standard InChI is InChI=1S/C13H26N2/c1-10-6-7-15(11(2)8-10)13-5-3-4-12(14)9-13/h10-13H,3-9,14H2,1-2H3. The normalized spacial score (nSPS) is 44.2. The summed E-state index contributed by atoms with van der Waals surface area (Å²) in [6.45, 7) is 6.09. The first-order chi connectivity index (χ1) is 7.16. The van der Waals surface area contributed by atoms with Crippen LogP contribution < -0.4 is 5.73 Å². The maximum Gasteiger partial charge on any atom is 0.0113 e. The smallest absolute Gasteiger partial charge is 0.0113 e. The highest BCUT2D eigenvalue weighted by atomic mass is 15.2. The van der Waals surface area contributed by atoms with Crippen molar-refractivity contribution in [3.05, 3.63) is 0 Å². The number of hydrogen-bond acceptors (Lipinski definition) is 2. The van der Waals surface area contributed by atoms with Crippen LogP contribution in [0.25, 0.3) is 0 Å². The van der Waals surface area contributed by atoms with E-state index in [0.717, 1.165) is 18.0 Å². The van der Waals surface area contributed by atoms with Crippen LogP contribution in [0.5, 0.6) is 0 Å². The van der Waals surface area contributed by atoms with Crippen LogP contribution in [0, 0.1) is 5.92 Å². The summed E-state index contributed by atoms with van der Waals surface area (Å²) in [7, 11) is 0. The first-order valence-electron chi connectivity index (χ1n) is 6.68. The second kappa shape index (κ2) is 4.84. The molecule has 0 amide bonds. The SMILES string of the molecule is CC1CCN(C2CCCC(N)C2)C(C)C1. The Labute approximate surface area is 94.2 Å². The molecule has 0 aromatic carbocycles. The van der Waals surface area contributed by atoms with Crippen LogP contribution in [-0.2, 0) is 0 Å². The molecule has 1 aliphatic heterocycles. The molecule has 88 valence electrons. The maximum atomic E-state index is 6.08. The second-order valence-corrected chi connectivity index (χ2v) is 5.80. The van der Waals surface area contributed by atoms with Crippen LogP contribution in [0.1, 0.15) is 52.4 Å². The maximum absolute atomic E-state index is 6.08. The van der Waals surface area contributed by atoms with Crippen molar-refractivity contribution >= 4 is 0 Å². The van der Waals surface area contributed by atoms with E-state index in [-0.39, 0.29) is 0 Å². The number of piperidine rings is 1. The molecule has 2 aliphatic rings. The van der Waals surface area contributed by atoms with Gasteiger partial charge in [0.2, 0.25) is 0 Å². The summed E-state index contributed by atoms with van der Waals surface area (Å²) in [5.41, 5.74) is 6.08. The Morgan fingerprint density at radius 1 is 1.07 bits per heavy atom. The quantitative estimate of drug-likeness (QED) is 0.720. The minimum Gasteiger partial charge on any atom is -0.328 e.